The summed E-state index contributed by atoms with van der Waals surface area (Å²) in [6, 6.07) is 8.60. The van der Waals surface area contributed by atoms with Crippen molar-refractivity contribution >= 4 is 17.6 Å². The number of nitrogens with zero attached hydrogens (tertiary/aromatic N) is 1. The van der Waals surface area contributed by atoms with E-state index in [1.807, 2.05) is 11.0 Å². The van der Waals surface area contributed by atoms with Gasteiger partial charge in [0.2, 0.25) is 5.91 Å². The predicted molar refractivity (Wildman–Crippen MR) is 86.0 cm³/mol. The smallest absolute Gasteiger partial charge is 0.303 e. The zero-order valence-electron chi connectivity index (χ0n) is 13.1. The van der Waals surface area contributed by atoms with Gasteiger partial charge >= 0.3 is 5.97 Å². The van der Waals surface area contributed by atoms with Crippen molar-refractivity contribution in [3.63, 3.8) is 0 Å². The summed E-state index contributed by atoms with van der Waals surface area (Å²) in [5.74, 6) is -0.475. The average molecular weight is 314 g/mol. The molecule has 122 valence electrons. The third kappa shape index (κ3) is 2.38. The van der Waals surface area contributed by atoms with E-state index in [4.69, 9.17) is 5.11 Å². The van der Waals surface area contributed by atoms with Gasteiger partial charge in [-0.15, -0.1) is 0 Å². The molecule has 1 heterocycles. The van der Waals surface area contributed by atoms with Crippen LogP contribution in [-0.2, 0) is 16.0 Å². The molecule has 1 aliphatic heterocycles. The van der Waals surface area contributed by atoms with Gasteiger partial charge in [-0.25, -0.2) is 0 Å². The van der Waals surface area contributed by atoms with E-state index in [1.165, 1.54) is 5.56 Å². The molecule has 0 bridgehead atoms. The van der Waals surface area contributed by atoms with Crippen molar-refractivity contribution in [3.05, 3.63) is 29.8 Å². The number of amides is 1. The van der Waals surface area contributed by atoms with Gasteiger partial charge in [0, 0.05) is 24.1 Å². The fraction of sp³-hybridized carbons (Fsp3) is 0.556. The number of carbonyl (C=O) groups excluding carboxylic acids is 1. The predicted octanol–water partition coefficient (Wildman–Crippen LogP) is 2.62. The van der Waals surface area contributed by atoms with Gasteiger partial charge in [-0.05, 0) is 43.7 Å². The number of carboxylic acids is 1. The first-order valence-electron chi connectivity index (χ1n) is 8.50. The maximum atomic E-state index is 12.7. The minimum atomic E-state index is -0.904. The van der Waals surface area contributed by atoms with Crippen LogP contribution in [0.4, 0.5) is 5.69 Å². The Bertz CT molecular complexity index is 655. The van der Waals surface area contributed by atoms with Gasteiger partial charge < -0.3 is 15.3 Å². The minimum Gasteiger partial charge on any atom is -0.481 e. The molecule has 5 heteroatoms. The third-order valence-corrected chi connectivity index (χ3v) is 5.55. The Labute approximate surface area is 135 Å². The van der Waals surface area contributed by atoms with Crippen molar-refractivity contribution in [2.45, 2.75) is 56.7 Å². The Kier molecular flexibility index (Phi) is 3.32. The van der Waals surface area contributed by atoms with E-state index in [2.05, 4.69) is 23.5 Å². The van der Waals surface area contributed by atoms with Crippen molar-refractivity contribution in [1.29, 1.82) is 0 Å². The second kappa shape index (κ2) is 5.25. The molecule has 0 unspecified atom stereocenters. The Morgan fingerprint density at radius 1 is 1.22 bits per heavy atom. The number of fused-ring (bicyclic) bond motifs is 2. The largest absolute Gasteiger partial charge is 0.481 e. The molecule has 23 heavy (non-hydrogen) atoms. The van der Waals surface area contributed by atoms with Crippen molar-refractivity contribution in [1.82, 2.24) is 4.90 Å². The highest BCUT2D eigenvalue weighted by Gasteiger charge is 2.57. The summed E-state index contributed by atoms with van der Waals surface area (Å²) < 4.78 is 0. The van der Waals surface area contributed by atoms with E-state index < -0.39 is 5.97 Å². The molecule has 1 aromatic rings. The Balaban J connectivity index is 1.61. The third-order valence-electron chi connectivity index (χ3n) is 5.55. The first-order valence-corrected chi connectivity index (χ1v) is 8.50. The second-order valence-electron chi connectivity index (χ2n) is 7.03. The zero-order chi connectivity index (χ0) is 16.0. The highest BCUT2D eigenvalue weighted by molar-refractivity contribution is 5.82. The van der Waals surface area contributed by atoms with Crippen LogP contribution in [0.25, 0.3) is 0 Å². The van der Waals surface area contributed by atoms with E-state index >= 15 is 0 Å². The Hall–Kier alpha value is -2.04. The van der Waals surface area contributed by atoms with Crippen LogP contribution in [0.5, 0.6) is 0 Å². The lowest BCUT2D eigenvalue weighted by atomic mass is 9.66. The van der Waals surface area contributed by atoms with E-state index in [0.29, 0.717) is 5.92 Å². The summed E-state index contributed by atoms with van der Waals surface area (Å²) in [6.45, 7) is 0. The Morgan fingerprint density at radius 2 is 2.00 bits per heavy atom. The van der Waals surface area contributed by atoms with Crippen LogP contribution in [0.2, 0.25) is 0 Å². The summed E-state index contributed by atoms with van der Waals surface area (Å²) >= 11 is 0. The second-order valence-corrected chi connectivity index (χ2v) is 7.03. The number of aliphatic carboxylic acids is 1. The van der Waals surface area contributed by atoms with Gasteiger partial charge in [0.25, 0.3) is 0 Å². The number of anilines is 1. The van der Waals surface area contributed by atoms with E-state index in [1.54, 1.807) is 0 Å². The molecule has 3 aliphatic rings. The highest BCUT2D eigenvalue weighted by atomic mass is 16.4. The van der Waals surface area contributed by atoms with Crippen LogP contribution in [0, 0.1) is 5.92 Å². The monoisotopic (exact) mass is 314 g/mol. The maximum absolute atomic E-state index is 12.7. The van der Waals surface area contributed by atoms with E-state index in [0.717, 1.165) is 37.8 Å². The van der Waals surface area contributed by atoms with Crippen molar-refractivity contribution in [2.75, 3.05) is 5.32 Å². The van der Waals surface area contributed by atoms with E-state index in [-0.39, 0.29) is 30.5 Å². The molecular formula is C18H22N2O3. The summed E-state index contributed by atoms with van der Waals surface area (Å²) in [5.41, 5.74) is 2.16. The van der Waals surface area contributed by atoms with Crippen molar-refractivity contribution in [2.24, 2.45) is 5.92 Å². The molecular weight excluding hydrogens is 292 g/mol. The van der Waals surface area contributed by atoms with Crippen LogP contribution in [0.15, 0.2) is 24.3 Å². The van der Waals surface area contributed by atoms with Gasteiger partial charge in [0.05, 0.1) is 6.42 Å². The number of benzene rings is 1. The molecule has 1 aromatic carbocycles. The number of hydrogen-bond donors (Lipinski definition) is 2. The molecule has 2 saturated carbocycles. The maximum Gasteiger partial charge on any atom is 0.303 e. The van der Waals surface area contributed by atoms with Crippen molar-refractivity contribution < 1.29 is 14.7 Å². The van der Waals surface area contributed by atoms with E-state index in [9.17, 15) is 9.59 Å². The molecule has 0 saturated heterocycles. The highest BCUT2D eigenvalue weighted by Crippen LogP contribution is 2.52. The number of hydrogen-bond acceptors (Lipinski definition) is 3. The molecule has 1 amide bonds. The number of para-hydroxylation sites is 1. The minimum absolute atomic E-state index is 0.00789. The molecule has 0 spiro atoms. The Morgan fingerprint density at radius 3 is 2.65 bits per heavy atom. The summed E-state index contributed by atoms with van der Waals surface area (Å²) in [6.07, 6.45) is 5.17. The molecule has 5 nitrogen and oxygen atoms in total. The standard InChI is InChI=1S/C18H22N2O3/c21-16(7-8-17(22)23)20(14-5-6-14)18-10-9-13(18)11-12-3-1-2-4-15(12)19-18/h1-4,13-14,19H,5-11H2,(H,22,23)/t13-,18+/m1/s1. The molecule has 0 aromatic heterocycles. The quantitative estimate of drug-likeness (QED) is 0.876. The van der Waals surface area contributed by atoms with Crippen LogP contribution in [-0.4, -0.2) is 33.6 Å². The average Bonchev–Trinajstić information content (AvgIpc) is 3.33. The van der Waals surface area contributed by atoms with Gasteiger partial charge in [-0.1, -0.05) is 18.2 Å². The zero-order valence-corrected chi connectivity index (χ0v) is 13.1. The van der Waals surface area contributed by atoms with Crippen LogP contribution in [0.3, 0.4) is 0 Å². The van der Waals surface area contributed by atoms with Crippen LogP contribution in [0.1, 0.15) is 44.1 Å². The number of rotatable bonds is 5. The molecule has 2 fully saturated rings. The summed E-state index contributed by atoms with van der Waals surface area (Å²) in [4.78, 5) is 25.6. The molecule has 0 radical (unpaired) electrons. The molecule has 2 aliphatic carbocycles. The van der Waals surface area contributed by atoms with Crippen LogP contribution < -0.4 is 5.32 Å². The molecule has 2 N–H and O–H groups in total. The number of carboxylic acid groups (broad SMARTS) is 1. The number of nitrogens with one attached hydrogen (secondary N) is 1. The van der Waals surface area contributed by atoms with Gasteiger partial charge in [0.15, 0.2) is 0 Å². The topological polar surface area (TPSA) is 69.6 Å². The summed E-state index contributed by atoms with van der Waals surface area (Å²) in [5, 5.41) is 12.5. The molecule has 4 rings (SSSR count). The van der Waals surface area contributed by atoms with Crippen LogP contribution >= 0.6 is 0 Å². The fourth-order valence-electron chi connectivity index (χ4n) is 4.17. The number of carbonyl (C=O) groups is 2. The van der Waals surface area contributed by atoms with Gasteiger partial charge in [-0.2, -0.15) is 0 Å². The van der Waals surface area contributed by atoms with Crippen molar-refractivity contribution in [3.8, 4) is 0 Å². The molecule has 2 atom stereocenters. The first-order chi connectivity index (χ1) is 11.1. The summed E-state index contributed by atoms with van der Waals surface area (Å²) in [7, 11) is 0. The van der Waals surface area contributed by atoms with Gasteiger partial charge in [-0.3, -0.25) is 9.59 Å². The van der Waals surface area contributed by atoms with Gasteiger partial charge in [0.1, 0.15) is 5.66 Å². The normalized spacial score (nSPS) is 27.9. The lowest BCUT2D eigenvalue weighted by Gasteiger charge is -2.59. The lowest BCUT2D eigenvalue weighted by Crippen LogP contribution is -2.69. The SMILES string of the molecule is O=C(O)CCC(=O)N(C1CC1)[C@@]12CC[C@@H]1Cc1ccccc1N2. The first kappa shape index (κ1) is 14.5. The lowest BCUT2D eigenvalue weighted by molar-refractivity contribution is -0.149. The fourth-order valence-corrected chi connectivity index (χ4v) is 4.17.